The Labute approximate surface area is 134 Å². The molecule has 2 N–H and O–H groups in total. The second-order valence-electron chi connectivity index (χ2n) is 4.42. The molecule has 0 saturated carbocycles. The van der Waals surface area contributed by atoms with Gasteiger partial charge in [0.05, 0.1) is 11.6 Å². The van der Waals surface area contributed by atoms with Gasteiger partial charge < -0.3 is 19.9 Å². The Balaban J connectivity index is 2.35. The number of hydrogen-bond donors (Lipinski definition) is 2. The fraction of sp³-hybridized carbons (Fsp3) is 0.500. The van der Waals surface area contributed by atoms with Crippen LogP contribution in [0.3, 0.4) is 0 Å². The fourth-order valence-electron chi connectivity index (χ4n) is 1.50. The number of halogens is 2. The van der Waals surface area contributed by atoms with Crippen molar-refractivity contribution in [2.24, 2.45) is 0 Å². The summed E-state index contributed by atoms with van der Waals surface area (Å²) in [5, 5.41) is 13.6. The zero-order valence-electron chi connectivity index (χ0n) is 11.9. The Morgan fingerprint density at radius 3 is 2.81 bits per heavy atom. The molecule has 1 aromatic carbocycles. The van der Waals surface area contributed by atoms with E-state index in [1.807, 2.05) is 0 Å². The minimum absolute atomic E-state index is 0.0304. The van der Waals surface area contributed by atoms with E-state index in [0.717, 1.165) is 0 Å². The molecule has 0 saturated heterocycles. The molecule has 0 radical (unpaired) electrons. The summed E-state index contributed by atoms with van der Waals surface area (Å²) >= 11 is 11.8. The van der Waals surface area contributed by atoms with E-state index in [2.05, 4.69) is 5.32 Å². The van der Waals surface area contributed by atoms with Crippen molar-refractivity contribution >= 4 is 29.2 Å². The van der Waals surface area contributed by atoms with Crippen LogP contribution in [0.5, 0.6) is 5.75 Å². The highest BCUT2D eigenvalue weighted by Crippen LogP contribution is 2.27. The molecule has 7 heteroatoms. The highest BCUT2D eigenvalue weighted by atomic mass is 35.5. The molecule has 0 aliphatic heterocycles. The summed E-state index contributed by atoms with van der Waals surface area (Å²) in [6, 6.07) is 4.35. The van der Waals surface area contributed by atoms with E-state index in [1.54, 1.807) is 32.0 Å². The third-order valence-corrected chi connectivity index (χ3v) is 3.17. The lowest BCUT2D eigenvalue weighted by atomic mass is 10.3. The molecule has 2 unspecified atom stereocenters. The van der Waals surface area contributed by atoms with Gasteiger partial charge in [0, 0.05) is 17.6 Å². The van der Waals surface area contributed by atoms with Crippen LogP contribution in [0.4, 0.5) is 0 Å². The summed E-state index contributed by atoms with van der Waals surface area (Å²) < 4.78 is 10.2. The van der Waals surface area contributed by atoms with E-state index in [0.29, 0.717) is 22.4 Å². The van der Waals surface area contributed by atoms with Crippen molar-refractivity contribution in [1.29, 1.82) is 0 Å². The van der Waals surface area contributed by atoms with Gasteiger partial charge in [-0.3, -0.25) is 4.79 Å². The number of aliphatic hydroxyl groups excluding tert-OH is 1. The van der Waals surface area contributed by atoms with E-state index in [9.17, 15) is 9.90 Å². The van der Waals surface area contributed by atoms with Crippen LogP contribution in [-0.4, -0.2) is 43.0 Å². The van der Waals surface area contributed by atoms with Crippen molar-refractivity contribution in [3.05, 3.63) is 28.2 Å². The van der Waals surface area contributed by atoms with Gasteiger partial charge >= 0.3 is 5.97 Å². The third-order valence-electron chi connectivity index (χ3n) is 2.62. The van der Waals surface area contributed by atoms with Gasteiger partial charge in [-0.1, -0.05) is 23.2 Å². The lowest BCUT2D eigenvalue weighted by molar-refractivity contribution is -0.145. The number of nitrogens with one attached hydrogen (secondary N) is 1. The Bertz CT molecular complexity index is 470. The van der Waals surface area contributed by atoms with Crippen molar-refractivity contribution < 1.29 is 19.4 Å². The lowest BCUT2D eigenvalue weighted by Crippen LogP contribution is -2.41. The normalized spacial score (nSPS) is 13.6. The second-order valence-corrected chi connectivity index (χ2v) is 5.27. The first-order valence-electron chi connectivity index (χ1n) is 6.60. The Kier molecular flexibility index (Phi) is 7.82. The zero-order valence-corrected chi connectivity index (χ0v) is 13.4. The molecule has 0 amide bonds. The van der Waals surface area contributed by atoms with Crippen molar-refractivity contribution in [1.82, 2.24) is 5.32 Å². The van der Waals surface area contributed by atoms with Crippen LogP contribution in [0.2, 0.25) is 10.0 Å². The first-order valence-corrected chi connectivity index (χ1v) is 7.35. The molecule has 0 aliphatic rings. The van der Waals surface area contributed by atoms with Crippen molar-refractivity contribution in [2.45, 2.75) is 26.0 Å². The smallest absolute Gasteiger partial charge is 0.322 e. The fourth-order valence-corrected chi connectivity index (χ4v) is 1.83. The van der Waals surface area contributed by atoms with Gasteiger partial charge in [0.25, 0.3) is 0 Å². The maximum Gasteiger partial charge on any atom is 0.322 e. The van der Waals surface area contributed by atoms with Crippen LogP contribution >= 0.6 is 23.2 Å². The summed E-state index contributed by atoms with van der Waals surface area (Å²) in [4.78, 5) is 11.4. The molecular formula is C14H19Cl2NO4. The Morgan fingerprint density at radius 2 is 2.14 bits per heavy atom. The van der Waals surface area contributed by atoms with E-state index in [-0.39, 0.29) is 19.1 Å². The molecule has 0 heterocycles. The van der Waals surface area contributed by atoms with Gasteiger partial charge in [-0.05, 0) is 26.0 Å². The Morgan fingerprint density at radius 1 is 1.43 bits per heavy atom. The number of hydrogen-bond acceptors (Lipinski definition) is 5. The summed E-state index contributed by atoms with van der Waals surface area (Å²) in [6.07, 6.45) is -0.795. The predicted octanol–water partition coefficient (Wildman–Crippen LogP) is 2.27. The number of carbonyl (C=O) groups excluding carboxylic acids is 1. The van der Waals surface area contributed by atoms with Crippen LogP contribution in [0.1, 0.15) is 13.8 Å². The maximum atomic E-state index is 11.4. The van der Waals surface area contributed by atoms with Gasteiger partial charge in [0.2, 0.25) is 0 Å². The minimum Gasteiger partial charge on any atom is -0.489 e. The molecule has 21 heavy (non-hydrogen) atoms. The number of rotatable bonds is 8. The summed E-state index contributed by atoms with van der Waals surface area (Å²) in [6.45, 7) is 3.95. The van der Waals surface area contributed by atoms with Crippen molar-refractivity contribution in [3.8, 4) is 5.75 Å². The highest BCUT2D eigenvalue weighted by molar-refractivity contribution is 6.34. The molecule has 5 nitrogen and oxygen atoms in total. The summed E-state index contributed by atoms with van der Waals surface area (Å²) in [5.74, 6) is 0.0464. The molecule has 1 aromatic rings. The molecule has 0 bridgehead atoms. The van der Waals surface area contributed by atoms with Crippen LogP contribution in [0.15, 0.2) is 18.2 Å². The molecule has 0 aromatic heterocycles. The molecule has 118 valence electrons. The number of carbonyl (C=O) groups is 1. The first-order chi connectivity index (χ1) is 9.93. The van der Waals surface area contributed by atoms with E-state index in [1.165, 1.54) is 0 Å². The van der Waals surface area contributed by atoms with E-state index < -0.39 is 12.1 Å². The van der Waals surface area contributed by atoms with Gasteiger partial charge in [-0.15, -0.1) is 0 Å². The van der Waals surface area contributed by atoms with Gasteiger partial charge in [0.15, 0.2) is 0 Å². The van der Waals surface area contributed by atoms with E-state index in [4.69, 9.17) is 32.7 Å². The summed E-state index contributed by atoms with van der Waals surface area (Å²) in [5.41, 5.74) is 0. The number of ether oxygens (including phenoxy) is 2. The van der Waals surface area contributed by atoms with Gasteiger partial charge in [-0.2, -0.15) is 0 Å². The van der Waals surface area contributed by atoms with E-state index >= 15 is 0 Å². The molecular weight excluding hydrogens is 317 g/mol. The summed E-state index contributed by atoms with van der Waals surface area (Å²) in [7, 11) is 0. The van der Waals surface area contributed by atoms with Crippen molar-refractivity contribution in [2.75, 3.05) is 19.8 Å². The maximum absolute atomic E-state index is 11.4. The van der Waals surface area contributed by atoms with Crippen LogP contribution in [0.25, 0.3) is 0 Å². The first kappa shape index (κ1) is 18.0. The number of aliphatic hydroxyl groups is 1. The molecule has 0 aliphatic carbocycles. The number of benzene rings is 1. The minimum atomic E-state index is -0.795. The van der Waals surface area contributed by atoms with Crippen LogP contribution in [0, 0.1) is 0 Å². The highest BCUT2D eigenvalue weighted by Gasteiger charge is 2.15. The van der Waals surface area contributed by atoms with Crippen LogP contribution < -0.4 is 10.1 Å². The average Bonchev–Trinajstić information content (AvgIpc) is 2.45. The van der Waals surface area contributed by atoms with Crippen LogP contribution in [-0.2, 0) is 9.53 Å². The monoisotopic (exact) mass is 335 g/mol. The number of esters is 1. The zero-order chi connectivity index (χ0) is 15.8. The largest absolute Gasteiger partial charge is 0.489 e. The predicted molar refractivity (Wildman–Crippen MR) is 82.1 cm³/mol. The lowest BCUT2D eigenvalue weighted by Gasteiger charge is -2.17. The SMILES string of the molecule is CCOC(=O)C(C)NCC(O)COc1cc(Cl)ccc1Cl. The quantitative estimate of drug-likeness (QED) is 0.713. The topological polar surface area (TPSA) is 67.8 Å². The van der Waals surface area contributed by atoms with Gasteiger partial charge in [0.1, 0.15) is 24.5 Å². The van der Waals surface area contributed by atoms with Gasteiger partial charge in [-0.25, -0.2) is 0 Å². The molecule has 1 rings (SSSR count). The average molecular weight is 336 g/mol. The Hall–Kier alpha value is -1.01. The molecule has 0 fully saturated rings. The molecule has 0 spiro atoms. The standard InChI is InChI=1S/C14H19Cl2NO4/c1-3-20-14(19)9(2)17-7-11(18)8-21-13-6-10(15)4-5-12(13)16/h4-6,9,11,17-18H,3,7-8H2,1-2H3. The molecule has 2 atom stereocenters. The van der Waals surface area contributed by atoms with Crippen molar-refractivity contribution in [3.63, 3.8) is 0 Å². The third kappa shape index (κ3) is 6.52. The second kappa shape index (κ2) is 9.10.